The molecule has 1 heterocycles. The lowest BCUT2D eigenvalue weighted by atomic mass is 10.1. The van der Waals surface area contributed by atoms with Crippen molar-refractivity contribution in [3.8, 4) is 22.8 Å². The molecule has 0 amide bonds. The number of carbonyl (C=O) groups excluding carboxylic acids is 1. The van der Waals surface area contributed by atoms with Crippen molar-refractivity contribution in [2.45, 2.75) is 20.5 Å². The summed E-state index contributed by atoms with van der Waals surface area (Å²) in [7, 11) is 1.63. The first kappa shape index (κ1) is 16.8. The summed E-state index contributed by atoms with van der Waals surface area (Å²) in [5, 5.41) is 4.08. The SMILES string of the molecule is COc1ccc(-c2cc(COc3c(C)cc(C=O)cc3C)on2)cc1. The van der Waals surface area contributed by atoms with Crippen LogP contribution in [0.3, 0.4) is 0 Å². The van der Waals surface area contributed by atoms with Crippen LogP contribution in [0.1, 0.15) is 27.2 Å². The van der Waals surface area contributed by atoms with Gasteiger partial charge in [-0.15, -0.1) is 0 Å². The number of benzene rings is 2. The van der Waals surface area contributed by atoms with Crippen LogP contribution in [0.15, 0.2) is 47.0 Å². The van der Waals surface area contributed by atoms with Crippen molar-refractivity contribution in [2.24, 2.45) is 0 Å². The lowest BCUT2D eigenvalue weighted by Gasteiger charge is -2.11. The van der Waals surface area contributed by atoms with E-state index in [4.69, 9.17) is 14.0 Å². The predicted molar refractivity (Wildman–Crippen MR) is 94.1 cm³/mol. The molecule has 0 aliphatic rings. The van der Waals surface area contributed by atoms with Gasteiger partial charge in [0.15, 0.2) is 5.76 Å². The molecule has 0 atom stereocenters. The van der Waals surface area contributed by atoms with Crippen LogP contribution in [-0.2, 0) is 6.61 Å². The number of hydrogen-bond donors (Lipinski definition) is 0. The average Bonchev–Trinajstić information content (AvgIpc) is 3.10. The Hall–Kier alpha value is -3.08. The monoisotopic (exact) mass is 337 g/mol. The molecule has 1 aromatic heterocycles. The second-order valence-corrected chi connectivity index (χ2v) is 5.80. The van der Waals surface area contributed by atoms with Gasteiger partial charge in [-0.1, -0.05) is 5.16 Å². The fourth-order valence-electron chi connectivity index (χ4n) is 2.70. The summed E-state index contributed by atoms with van der Waals surface area (Å²) in [5.41, 5.74) is 4.15. The summed E-state index contributed by atoms with van der Waals surface area (Å²) < 4.78 is 16.4. The molecule has 0 spiro atoms. The first-order valence-electron chi connectivity index (χ1n) is 7.90. The largest absolute Gasteiger partial charge is 0.497 e. The van der Waals surface area contributed by atoms with Gasteiger partial charge in [0.1, 0.15) is 30.1 Å². The zero-order chi connectivity index (χ0) is 17.8. The maximum atomic E-state index is 10.9. The molecule has 0 fully saturated rings. The van der Waals surface area contributed by atoms with E-state index in [1.807, 2.05) is 44.2 Å². The molecule has 0 radical (unpaired) electrons. The third-order valence-electron chi connectivity index (χ3n) is 3.92. The molecular formula is C20H19NO4. The molecule has 25 heavy (non-hydrogen) atoms. The van der Waals surface area contributed by atoms with E-state index < -0.39 is 0 Å². The molecule has 2 aromatic carbocycles. The normalized spacial score (nSPS) is 10.5. The smallest absolute Gasteiger partial charge is 0.174 e. The Bertz CT molecular complexity index is 858. The summed E-state index contributed by atoms with van der Waals surface area (Å²) in [6.07, 6.45) is 0.835. The molecule has 0 bridgehead atoms. The molecule has 0 aliphatic carbocycles. The minimum atomic E-state index is 0.269. The van der Waals surface area contributed by atoms with Gasteiger partial charge in [-0.3, -0.25) is 4.79 Å². The highest BCUT2D eigenvalue weighted by atomic mass is 16.5. The van der Waals surface area contributed by atoms with E-state index in [1.54, 1.807) is 19.2 Å². The molecule has 0 saturated carbocycles. The standard InChI is InChI=1S/C20H19NO4/c1-13-8-15(11-22)9-14(2)20(13)24-12-18-10-19(21-25-18)16-4-6-17(23-3)7-5-16/h4-11H,12H2,1-3H3. The number of nitrogens with zero attached hydrogens (tertiary/aromatic N) is 1. The fraction of sp³-hybridized carbons (Fsp3) is 0.200. The van der Waals surface area contributed by atoms with Gasteiger partial charge in [-0.2, -0.15) is 0 Å². The maximum Gasteiger partial charge on any atom is 0.174 e. The van der Waals surface area contributed by atoms with E-state index in [-0.39, 0.29) is 6.61 Å². The van der Waals surface area contributed by atoms with Crippen molar-refractivity contribution in [2.75, 3.05) is 7.11 Å². The van der Waals surface area contributed by atoms with Crippen LogP contribution in [0, 0.1) is 13.8 Å². The average molecular weight is 337 g/mol. The van der Waals surface area contributed by atoms with Gasteiger partial charge in [-0.25, -0.2) is 0 Å². The number of aryl methyl sites for hydroxylation is 2. The maximum absolute atomic E-state index is 10.9. The van der Waals surface area contributed by atoms with E-state index in [0.29, 0.717) is 11.3 Å². The van der Waals surface area contributed by atoms with Crippen LogP contribution < -0.4 is 9.47 Å². The molecule has 3 rings (SSSR count). The van der Waals surface area contributed by atoms with Crippen molar-refractivity contribution < 1.29 is 18.8 Å². The van der Waals surface area contributed by atoms with Crippen LogP contribution in [0.4, 0.5) is 0 Å². The molecule has 0 unspecified atom stereocenters. The Balaban J connectivity index is 1.72. The summed E-state index contributed by atoms with van der Waals surface area (Å²) in [5.74, 6) is 2.18. The van der Waals surface area contributed by atoms with Crippen LogP contribution in [0.5, 0.6) is 11.5 Å². The van der Waals surface area contributed by atoms with Gasteiger partial charge in [0.05, 0.1) is 7.11 Å². The second kappa shape index (κ2) is 7.21. The molecule has 5 heteroatoms. The predicted octanol–water partition coefficient (Wildman–Crippen LogP) is 4.36. The Morgan fingerprint density at radius 1 is 1.08 bits per heavy atom. The molecule has 5 nitrogen and oxygen atoms in total. The highest BCUT2D eigenvalue weighted by Crippen LogP contribution is 2.26. The van der Waals surface area contributed by atoms with E-state index in [2.05, 4.69) is 5.16 Å². The topological polar surface area (TPSA) is 61.6 Å². The molecule has 0 saturated heterocycles. The highest BCUT2D eigenvalue weighted by Gasteiger charge is 2.10. The molecular weight excluding hydrogens is 318 g/mol. The van der Waals surface area contributed by atoms with Gasteiger partial charge in [0.25, 0.3) is 0 Å². The summed E-state index contributed by atoms with van der Waals surface area (Å²) >= 11 is 0. The summed E-state index contributed by atoms with van der Waals surface area (Å²) in [6.45, 7) is 4.10. The number of rotatable bonds is 6. The summed E-state index contributed by atoms with van der Waals surface area (Å²) in [6, 6.07) is 13.1. The first-order valence-corrected chi connectivity index (χ1v) is 7.90. The summed E-state index contributed by atoms with van der Waals surface area (Å²) in [4.78, 5) is 10.9. The highest BCUT2D eigenvalue weighted by molar-refractivity contribution is 5.76. The number of ether oxygens (including phenoxy) is 2. The minimum Gasteiger partial charge on any atom is -0.497 e. The zero-order valence-corrected chi connectivity index (χ0v) is 14.4. The van der Waals surface area contributed by atoms with Gasteiger partial charge >= 0.3 is 0 Å². The Morgan fingerprint density at radius 3 is 2.36 bits per heavy atom. The minimum absolute atomic E-state index is 0.269. The van der Waals surface area contributed by atoms with E-state index in [1.165, 1.54) is 0 Å². The van der Waals surface area contributed by atoms with Gasteiger partial charge in [-0.05, 0) is 61.4 Å². The fourth-order valence-corrected chi connectivity index (χ4v) is 2.70. The van der Waals surface area contributed by atoms with Crippen LogP contribution in [-0.4, -0.2) is 18.6 Å². The van der Waals surface area contributed by atoms with Crippen molar-refractivity contribution in [1.29, 1.82) is 0 Å². The van der Waals surface area contributed by atoms with Crippen LogP contribution in [0.2, 0.25) is 0 Å². The van der Waals surface area contributed by atoms with E-state index in [9.17, 15) is 4.79 Å². The Morgan fingerprint density at radius 2 is 1.76 bits per heavy atom. The lowest BCUT2D eigenvalue weighted by molar-refractivity contribution is 0.112. The van der Waals surface area contributed by atoms with Crippen molar-refractivity contribution in [3.05, 3.63) is 64.9 Å². The Kier molecular flexibility index (Phi) is 4.84. The number of hydrogen-bond acceptors (Lipinski definition) is 5. The number of aldehydes is 1. The third kappa shape index (κ3) is 3.71. The second-order valence-electron chi connectivity index (χ2n) is 5.80. The molecule has 128 valence electrons. The van der Waals surface area contributed by atoms with Gasteiger partial charge in [0.2, 0.25) is 0 Å². The van der Waals surface area contributed by atoms with Crippen molar-refractivity contribution >= 4 is 6.29 Å². The number of methoxy groups -OCH3 is 1. The third-order valence-corrected chi connectivity index (χ3v) is 3.92. The molecule has 0 N–H and O–H groups in total. The Labute approximate surface area is 146 Å². The van der Waals surface area contributed by atoms with Crippen LogP contribution in [0.25, 0.3) is 11.3 Å². The van der Waals surface area contributed by atoms with Crippen molar-refractivity contribution in [1.82, 2.24) is 5.16 Å². The first-order chi connectivity index (χ1) is 12.1. The van der Waals surface area contributed by atoms with E-state index in [0.717, 1.165) is 40.2 Å². The zero-order valence-electron chi connectivity index (χ0n) is 14.4. The number of carbonyl (C=O) groups is 1. The number of aromatic nitrogens is 1. The quantitative estimate of drug-likeness (QED) is 0.626. The lowest BCUT2D eigenvalue weighted by Crippen LogP contribution is -1.99. The van der Waals surface area contributed by atoms with Gasteiger partial charge < -0.3 is 14.0 Å². The molecule has 3 aromatic rings. The van der Waals surface area contributed by atoms with E-state index >= 15 is 0 Å². The van der Waals surface area contributed by atoms with Crippen LogP contribution >= 0.6 is 0 Å². The van der Waals surface area contributed by atoms with Gasteiger partial charge in [0, 0.05) is 17.2 Å². The van der Waals surface area contributed by atoms with Crippen molar-refractivity contribution in [3.63, 3.8) is 0 Å². The molecule has 0 aliphatic heterocycles.